The second-order valence-electron chi connectivity index (χ2n) is 3.30. The van der Waals surface area contributed by atoms with Gasteiger partial charge in [-0.25, -0.2) is 0 Å². The highest BCUT2D eigenvalue weighted by Crippen LogP contribution is 2.30. The van der Waals surface area contributed by atoms with Gasteiger partial charge in [-0.3, -0.25) is 9.78 Å². The summed E-state index contributed by atoms with van der Waals surface area (Å²) in [5, 5.41) is 3.20. The van der Waals surface area contributed by atoms with Crippen LogP contribution < -0.4 is 5.32 Å². The van der Waals surface area contributed by atoms with Crippen molar-refractivity contribution in [2.24, 2.45) is 0 Å². The van der Waals surface area contributed by atoms with Crippen LogP contribution in [-0.2, 0) is 0 Å². The van der Waals surface area contributed by atoms with Crippen LogP contribution in [0.3, 0.4) is 0 Å². The van der Waals surface area contributed by atoms with Crippen LogP contribution in [0.4, 0.5) is 5.69 Å². The summed E-state index contributed by atoms with van der Waals surface area (Å²) in [6.07, 6.45) is 3.12. The number of nitrogens with one attached hydrogen (secondary N) is 1. The zero-order chi connectivity index (χ0) is 12.3. The number of aromatic nitrogens is 1. The minimum absolute atomic E-state index is 0.238. The van der Waals surface area contributed by atoms with Crippen LogP contribution in [-0.4, -0.2) is 10.9 Å². The molecule has 0 bridgehead atoms. The van der Waals surface area contributed by atoms with Crippen molar-refractivity contribution < 1.29 is 4.79 Å². The molecular formula is C12H8BrClN2O. The number of benzene rings is 1. The SMILES string of the molecule is O=C(Nc1cccc(Br)c1Cl)c1cccnc1. The van der Waals surface area contributed by atoms with Gasteiger partial charge in [0.05, 0.1) is 16.3 Å². The lowest BCUT2D eigenvalue weighted by atomic mass is 10.2. The molecule has 0 aliphatic heterocycles. The lowest BCUT2D eigenvalue weighted by molar-refractivity contribution is 0.102. The molecule has 3 nitrogen and oxygen atoms in total. The van der Waals surface area contributed by atoms with Gasteiger partial charge in [-0.1, -0.05) is 17.7 Å². The summed E-state index contributed by atoms with van der Waals surface area (Å²) in [6.45, 7) is 0. The molecule has 0 aliphatic rings. The lowest BCUT2D eigenvalue weighted by Gasteiger charge is -2.07. The number of carbonyl (C=O) groups is 1. The highest BCUT2D eigenvalue weighted by Gasteiger charge is 2.09. The zero-order valence-corrected chi connectivity index (χ0v) is 11.0. The number of amides is 1. The predicted molar refractivity (Wildman–Crippen MR) is 71.3 cm³/mol. The molecule has 86 valence electrons. The summed E-state index contributed by atoms with van der Waals surface area (Å²) >= 11 is 9.34. The van der Waals surface area contributed by atoms with Crippen molar-refractivity contribution in [3.63, 3.8) is 0 Å². The number of pyridine rings is 1. The second kappa shape index (κ2) is 5.29. The second-order valence-corrected chi connectivity index (χ2v) is 4.53. The fraction of sp³-hybridized carbons (Fsp3) is 0. The number of halogens is 2. The third-order valence-electron chi connectivity index (χ3n) is 2.12. The first kappa shape index (κ1) is 12.1. The molecule has 0 saturated carbocycles. The maximum atomic E-state index is 11.9. The minimum Gasteiger partial charge on any atom is -0.321 e. The van der Waals surface area contributed by atoms with E-state index in [1.165, 1.54) is 6.20 Å². The van der Waals surface area contributed by atoms with Gasteiger partial charge in [0.1, 0.15) is 0 Å². The molecule has 0 aliphatic carbocycles. The maximum absolute atomic E-state index is 11.9. The summed E-state index contributed by atoms with van der Waals surface area (Å²) < 4.78 is 0.739. The van der Waals surface area contributed by atoms with Gasteiger partial charge >= 0.3 is 0 Å². The molecule has 0 fully saturated rings. The van der Waals surface area contributed by atoms with E-state index >= 15 is 0 Å². The standard InChI is InChI=1S/C12H8BrClN2O/c13-9-4-1-5-10(11(9)14)16-12(17)8-3-2-6-15-7-8/h1-7H,(H,16,17). The van der Waals surface area contributed by atoms with Crippen LogP contribution in [0.1, 0.15) is 10.4 Å². The lowest BCUT2D eigenvalue weighted by Crippen LogP contribution is -2.12. The van der Waals surface area contributed by atoms with Gasteiger partial charge in [0.25, 0.3) is 5.91 Å². The molecular weight excluding hydrogens is 304 g/mol. The molecule has 1 aromatic carbocycles. The first-order valence-electron chi connectivity index (χ1n) is 4.84. The number of hydrogen-bond donors (Lipinski definition) is 1. The molecule has 1 amide bonds. The van der Waals surface area contributed by atoms with Crippen LogP contribution in [0.15, 0.2) is 47.2 Å². The Kier molecular flexibility index (Phi) is 3.76. The van der Waals surface area contributed by atoms with E-state index in [4.69, 9.17) is 11.6 Å². The average Bonchev–Trinajstić information content (AvgIpc) is 2.36. The van der Waals surface area contributed by atoms with Crippen LogP contribution >= 0.6 is 27.5 Å². The van der Waals surface area contributed by atoms with Crippen molar-refractivity contribution in [2.45, 2.75) is 0 Å². The van der Waals surface area contributed by atoms with Crippen LogP contribution in [0.5, 0.6) is 0 Å². The largest absolute Gasteiger partial charge is 0.321 e. The van der Waals surface area contributed by atoms with E-state index in [2.05, 4.69) is 26.2 Å². The molecule has 0 unspecified atom stereocenters. The number of carbonyl (C=O) groups excluding carboxylic acids is 1. The van der Waals surface area contributed by atoms with E-state index in [9.17, 15) is 4.79 Å². The Morgan fingerprint density at radius 2 is 2.12 bits per heavy atom. The Morgan fingerprint density at radius 3 is 2.82 bits per heavy atom. The molecule has 2 aromatic rings. The Bertz CT molecular complexity index is 545. The van der Waals surface area contributed by atoms with Crippen LogP contribution in [0, 0.1) is 0 Å². The van der Waals surface area contributed by atoms with E-state index in [0.29, 0.717) is 16.3 Å². The molecule has 0 spiro atoms. The average molecular weight is 312 g/mol. The van der Waals surface area contributed by atoms with Gasteiger partial charge in [-0.2, -0.15) is 0 Å². The van der Waals surface area contributed by atoms with Crippen molar-refractivity contribution in [2.75, 3.05) is 5.32 Å². The quantitative estimate of drug-likeness (QED) is 0.918. The Morgan fingerprint density at radius 1 is 1.29 bits per heavy atom. The van der Waals surface area contributed by atoms with E-state index in [1.807, 2.05) is 6.07 Å². The predicted octanol–water partition coefficient (Wildman–Crippen LogP) is 3.75. The molecule has 0 atom stereocenters. The molecule has 1 aromatic heterocycles. The van der Waals surface area contributed by atoms with Gasteiger partial charge < -0.3 is 5.32 Å². The van der Waals surface area contributed by atoms with Gasteiger partial charge in [0.2, 0.25) is 0 Å². The monoisotopic (exact) mass is 310 g/mol. The minimum atomic E-state index is -0.238. The van der Waals surface area contributed by atoms with Crippen molar-refractivity contribution in [1.82, 2.24) is 4.98 Å². The number of hydrogen-bond acceptors (Lipinski definition) is 2. The maximum Gasteiger partial charge on any atom is 0.257 e. The third-order valence-corrected chi connectivity index (χ3v) is 3.42. The van der Waals surface area contributed by atoms with Crippen LogP contribution in [0.2, 0.25) is 5.02 Å². The van der Waals surface area contributed by atoms with Crippen molar-refractivity contribution in [1.29, 1.82) is 0 Å². The molecule has 17 heavy (non-hydrogen) atoms. The molecule has 0 radical (unpaired) electrons. The zero-order valence-electron chi connectivity index (χ0n) is 8.65. The van der Waals surface area contributed by atoms with E-state index in [-0.39, 0.29) is 5.91 Å². The first-order chi connectivity index (χ1) is 8.18. The molecule has 1 N–H and O–H groups in total. The fourth-order valence-corrected chi connectivity index (χ4v) is 1.83. The Balaban J connectivity index is 2.22. The summed E-state index contributed by atoms with van der Waals surface area (Å²) in [5.74, 6) is -0.238. The van der Waals surface area contributed by atoms with Crippen LogP contribution in [0.25, 0.3) is 0 Å². The topological polar surface area (TPSA) is 42.0 Å². The fourth-order valence-electron chi connectivity index (χ4n) is 1.29. The first-order valence-corrected chi connectivity index (χ1v) is 6.01. The normalized spacial score (nSPS) is 10.0. The van der Waals surface area contributed by atoms with Gasteiger partial charge in [0, 0.05) is 16.9 Å². The van der Waals surface area contributed by atoms with Crippen molar-refractivity contribution >= 4 is 39.1 Å². The number of anilines is 1. The van der Waals surface area contributed by atoms with E-state index in [1.54, 1.807) is 30.5 Å². The summed E-state index contributed by atoms with van der Waals surface area (Å²) in [4.78, 5) is 15.7. The van der Waals surface area contributed by atoms with Crippen molar-refractivity contribution in [3.8, 4) is 0 Å². The summed E-state index contributed by atoms with van der Waals surface area (Å²) in [5.41, 5.74) is 1.05. The number of rotatable bonds is 2. The molecule has 0 saturated heterocycles. The Hall–Kier alpha value is -1.39. The third kappa shape index (κ3) is 2.84. The highest BCUT2D eigenvalue weighted by atomic mass is 79.9. The Labute approximate surface area is 112 Å². The van der Waals surface area contributed by atoms with Crippen molar-refractivity contribution in [3.05, 3.63) is 57.8 Å². The molecule has 5 heteroatoms. The smallest absolute Gasteiger partial charge is 0.257 e. The summed E-state index contributed by atoms with van der Waals surface area (Å²) in [7, 11) is 0. The summed E-state index contributed by atoms with van der Waals surface area (Å²) in [6, 6.07) is 8.74. The number of nitrogens with zero attached hydrogens (tertiary/aromatic N) is 1. The molecule has 1 heterocycles. The van der Waals surface area contributed by atoms with E-state index < -0.39 is 0 Å². The molecule has 2 rings (SSSR count). The highest BCUT2D eigenvalue weighted by molar-refractivity contribution is 9.10. The van der Waals surface area contributed by atoms with E-state index in [0.717, 1.165) is 4.47 Å². The van der Waals surface area contributed by atoms with Gasteiger partial charge in [-0.05, 0) is 40.2 Å². The van der Waals surface area contributed by atoms with Gasteiger partial charge in [-0.15, -0.1) is 0 Å². The van der Waals surface area contributed by atoms with Gasteiger partial charge in [0.15, 0.2) is 0 Å².